The van der Waals surface area contributed by atoms with Gasteiger partial charge < -0.3 is 9.32 Å². The Bertz CT molecular complexity index is 3200. The summed E-state index contributed by atoms with van der Waals surface area (Å²) >= 11 is 1.87. The third-order valence-corrected chi connectivity index (χ3v) is 12.1. The highest BCUT2D eigenvalue weighted by atomic mass is 32.1. The SMILES string of the molecule is c1ccc(N(c2ccc(-c3cccc4ccccc34)cc2)c2ccc(-c3cccc4c3sc3ccccc34)cc2)c(-c2cccc3oc4ccccc4c23)c1. The molecule has 2 nitrogen and oxygen atoms in total. The first-order chi connectivity index (χ1) is 27.3. The second-order valence-electron chi connectivity index (χ2n) is 14.0. The molecule has 55 heavy (non-hydrogen) atoms. The average molecular weight is 720 g/mol. The monoisotopic (exact) mass is 719 g/mol. The molecule has 0 atom stereocenters. The van der Waals surface area contributed by atoms with E-state index in [1.807, 2.05) is 17.4 Å². The van der Waals surface area contributed by atoms with Crippen LogP contribution in [0.5, 0.6) is 0 Å². The standard InChI is InChI=1S/C52H33NOS/c1-2-14-39-34(12-1)13-9-18-40(39)35-26-30-37(31-27-35)53(38-32-28-36(29-33-38)41-19-10-21-45-43-16-5-8-25-50(43)55-52(41)45)47-22-6-3-15-42(47)44-20-11-24-49-51(44)46-17-4-7-23-48(46)54-49/h1-33H. The Morgan fingerprint density at radius 1 is 0.364 bits per heavy atom. The predicted octanol–water partition coefficient (Wildman–Crippen LogP) is 15.6. The normalized spacial score (nSPS) is 11.6. The van der Waals surface area contributed by atoms with E-state index in [4.69, 9.17) is 4.42 Å². The van der Waals surface area contributed by atoms with Crippen molar-refractivity contribution in [3.63, 3.8) is 0 Å². The topological polar surface area (TPSA) is 16.4 Å². The fraction of sp³-hybridized carbons (Fsp3) is 0. The van der Waals surface area contributed by atoms with Gasteiger partial charge >= 0.3 is 0 Å². The Morgan fingerprint density at radius 2 is 0.909 bits per heavy atom. The summed E-state index contributed by atoms with van der Waals surface area (Å²) in [5.41, 5.74) is 12.2. The molecule has 0 radical (unpaired) electrons. The number of fused-ring (bicyclic) bond motifs is 7. The van der Waals surface area contributed by atoms with Gasteiger partial charge in [-0.15, -0.1) is 11.3 Å². The second-order valence-corrected chi connectivity index (χ2v) is 15.1. The van der Waals surface area contributed by atoms with Gasteiger partial charge in [0.1, 0.15) is 11.2 Å². The van der Waals surface area contributed by atoms with Gasteiger partial charge in [0.25, 0.3) is 0 Å². The molecule has 0 aliphatic heterocycles. The van der Waals surface area contributed by atoms with Crippen molar-refractivity contribution in [2.24, 2.45) is 0 Å². The van der Waals surface area contributed by atoms with Crippen LogP contribution in [0.4, 0.5) is 17.1 Å². The smallest absolute Gasteiger partial charge is 0.136 e. The molecule has 0 bridgehead atoms. The van der Waals surface area contributed by atoms with E-state index < -0.39 is 0 Å². The molecule has 0 spiro atoms. The molecule has 258 valence electrons. The van der Waals surface area contributed by atoms with E-state index in [0.29, 0.717) is 0 Å². The van der Waals surface area contributed by atoms with Crippen LogP contribution in [0.15, 0.2) is 205 Å². The molecule has 11 aromatic rings. The summed E-state index contributed by atoms with van der Waals surface area (Å²) < 4.78 is 9.00. The summed E-state index contributed by atoms with van der Waals surface area (Å²) in [5, 5.41) is 7.37. The number of benzene rings is 9. The maximum absolute atomic E-state index is 6.36. The van der Waals surface area contributed by atoms with Crippen LogP contribution < -0.4 is 4.90 Å². The van der Waals surface area contributed by atoms with Crippen LogP contribution in [0.1, 0.15) is 0 Å². The van der Waals surface area contributed by atoms with Crippen LogP contribution in [0, 0.1) is 0 Å². The zero-order valence-electron chi connectivity index (χ0n) is 29.8. The van der Waals surface area contributed by atoms with Crippen LogP contribution in [-0.4, -0.2) is 0 Å². The van der Waals surface area contributed by atoms with E-state index in [1.54, 1.807) is 0 Å². The van der Waals surface area contributed by atoms with E-state index in [2.05, 4.69) is 199 Å². The van der Waals surface area contributed by atoms with Crippen molar-refractivity contribution in [1.29, 1.82) is 0 Å². The molecule has 3 heteroatoms. The molecule has 0 aliphatic carbocycles. The Hall–Kier alpha value is -6.94. The molecule has 0 aliphatic rings. The Morgan fingerprint density at radius 3 is 1.75 bits per heavy atom. The minimum absolute atomic E-state index is 0.888. The van der Waals surface area contributed by atoms with E-state index >= 15 is 0 Å². The van der Waals surface area contributed by atoms with Crippen molar-refractivity contribution >= 4 is 81.3 Å². The number of hydrogen-bond acceptors (Lipinski definition) is 3. The maximum Gasteiger partial charge on any atom is 0.136 e. The summed E-state index contributed by atoms with van der Waals surface area (Å²) in [6, 6.07) is 72.2. The van der Waals surface area contributed by atoms with Crippen molar-refractivity contribution in [3.05, 3.63) is 200 Å². The van der Waals surface area contributed by atoms with Crippen molar-refractivity contribution in [2.75, 3.05) is 4.90 Å². The molecule has 0 fully saturated rings. The lowest BCUT2D eigenvalue weighted by Gasteiger charge is -2.28. The fourth-order valence-electron chi connectivity index (χ4n) is 8.35. The number of anilines is 3. The van der Waals surface area contributed by atoms with Crippen molar-refractivity contribution in [2.45, 2.75) is 0 Å². The van der Waals surface area contributed by atoms with Gasteiger partial charge in [0.05, 0.1) is 5.69 Å². The molecule has 0 N–H and O–H groups in total. The van der Waals surface area contributed by atoms with E-state index in [0.717, 1.165) is 50.1 Å². The molecular weight excluding hydrogens is 687 g/mol. The molecule has 11 rings (SSSR count). The molecule has 9 aromatic carbocycles. The number of nitrogens with zero attached hydrogens (tertiary/aromatic N) is 1. The van der Waals surface area contributed by atoms with Crippen LogP contribution >= 0.6 is 11.3 Å². The predicted molar refractivity (Wildman–Crippen MR) is 235 cm³/mol. The van der Waals surface area contributed by atoms with Crippen LogP contribution in [-0.2, 0) is 0 Å². The fourth-order valence-corrected chi connectivity index (χ4v) is 9.59. The quantitative estimate of drug-likeness (QED) is 0.170. The largest absolute Gasteiger partial charge is 0.456 e. The molecule has 0 saturated carbocycles. The Balaban J connectivity index is 1.08. The number of hydrogen-bond donors (Lipinski definition) is 0. The van der Waals surface area contributed by atoms with Crippen LogP contribution in [0.2, 0.25) is 0 Å². The first-order valence-corrected chi connectivity index (χ1v) is 19.5. The van der Waals surface area contributed by atoms with Gasteiger partial charge in [-0.25, -0.2) is 0 Å². The van der Waals surface area contributed by atoms with E-state index in [9.17, 15) is 0 Å². The van der Waals surface area contributed by atoms with Gasteiger partial charge in [0, 0.05) is 47.9 Å². The Labute approximate surface area is 322 Å². The minimum atomic E-state index is 0.888. The number of para-hydroxylation sites is 2. The number of rotatable bonds is 6. The maximum atomic E-state index is 6.36. The van der Waals surface area contributed by atoms with Gasteiger partial charge in [0.15, 0.2) is 0 Å². The number of furan rings is 1. The summed E-state index contributed by atoms with van der Waals surface area (Å²) in [7, 11) is 0. The summed E-state index contributed by atoms with van der Waals surface area (Å²) in [6.07, 6.45) is 0. The van der Waals surface area contributed by atoms with E-state index in [1.165, 1.54) is 53.2 Å². The number of thiophene rings is 1. The lowest BCUT2D eigenvalue weighted by Crippen LogP contribution is -2.11. The molecular formula is C52H33NOS. The molecule has 0 saturated heterocycles. The lowest BCUT2D eigenvalue weighted by molar-refractivity contribution is 0.669. The summed E-state index contributed by atoms with van der Waals surface area (Å²) in [6.45, 7) is 0. The third kappa shape index (κ3) is 5.24. The van der Waals surface area contributed by atoms with Gasteiger partial charge in [-0.05, 0) is 87.1 Å². The minimum Gasteiger partial charge on any atom is -0.456 e. The molecule has 0 unspecified atom stereocenters. The van der Waals surface area contributed by atoms with Crippen molar-refractivity contribution < 1.29 is 4.42 Å². The van der Waals surface area contributed by atoms with Crippen LogP contribution in [0.3, 0.4) is 0 Å². The first kappa shape index (κ1) is 31.6. The third-order valence-electron chi connectivity index (χ3n) is 10.9. The highest BCUT2D eigenvalue weighted by Gasteiger charge is 2.21. The highest BCUT2D eigenvalue weighted by molar-refractivity contribution is 7.26. The molecule has 0 amide bonds. The summed E-state index contributed by atoms with van der Waals surface area (Å²) in [4.78, 5) is 2.40. The van der Waals surface area contributed by atoms with Crippen LogP contribution in [0.25, 0.3) is 86.3 Å². The first-order valence-electron chi connectivity index (χ1n) is 18.7. The zero-order valence-corrected chi connectivity index (χ0v) is 30.6. The molecule has 2 aromatic heterocycles. The van der Waals surface area contributed by atoms with Gasteiger partial charge in [0.2, 0.25) is 0 Å². The lowest BCUT2D eigenvalue weighted by atomic mass is 9.96. The van der Waals surface area contributed by atoms with Gasteiger partial charge in [-0.3, -0.25) is 0 Å². The average Bonchev–Trinajstić information content (AvgIpc) is 3.83. The van der Waals surface area contributed by atoms with Gasteiger partial charge in [-0.1, -0.05) is 152 Å². The van der Waals surface area contributed by atoms with Crippen molar-refractivity contribution in [3.8, 4) is 33.4 Å². The Kier molecular flexibility index (Phi) is 7.39. The molecule has 2 heterocycles. The highest BCUT2D eigenvalue weighted by Crippen LogP contribution is 2.46. The zero-order chi connectivity index (χ0) is 36.3. The van der Waals surface area contributed by atoms with E-state index in [-0.39, 0.29) is 0 Å². The second kappa shape index (κ2) is 12.9. The van der Waals surface area contributed by atoms with Crippen molar-refractivity contribution in [1.82, 2.24) is 0 Å². The summed E-state index contributed by atoms with van der Waals surface area (Å²) in [5.74, 6) is 0. The van der Waals surface area contributed by atoms with Gasteiger partial charge in [-0.2, -0.15) is 0 Å².